The van der Waals surface area contributed by atoms with E-state index < -0.39 is 227 Å². The van der Waals surface area contributed by atoms with E-state index in [9.17, 15) is 97.0 Å². The minimum Gasteiger partial charge on any atom is -0.394 e. The van der Waals surface area contributed by atoms with Crippen LogP contribution in [0, 0.1) is 45.3 Å². The molecule has 0 spiro atoms. The van der Waals surface area contributed by atoms with E-state index in [1.165, 1.54) is 13.8 Å². The molecule has 3 saturated carbocycles. The van der Waals surface area contributed by atoms with Gasteiger partial charge in [0.2, 0.25) is 0 Å². The first-order valence-corrected chi connectivity index (χ1v) is 31.6. The molecule has 9 rings (SSSR count). The van der Waals surface area contributed by atoms with Crippen molar-refractivity contribution in [2.45, 2.75) is 284 Å². The maximum Gasteiger partial charge on any atom is 0.187 e. The lowest BCUT2D eigenvalue weighted by Crippen LogP contribution is -2.67. The molecule has 29 nitrogen and oxygen atoms in total. The van der Waals surface area contributed by atoms with Gasteiger partial charge in [0.25, 0.3) is 0 Å². The Kier molecular flexibility index (Phi) is 22.3. The zero-order valence-electron chi connectivity index (χ0n) is 51.8. The maximum absolute atomic E-state index is 12.8. The van der Waals surface area contributed by atoms with Crippen molar-refractivity contribution in [2.75, 3.05) is 33.0 Å². The Bertz CT molecular complexity index is 2340. The lowest BCUT2D eigenvalue weighted by Gasteiger charge is -2.67. The fourth-order valence-corrected chi connectivity index (χ4v) is 17.2. The Labute approximate surface area is 517 Å². The quantitative estimate of drug-likeness (QED) is 0.0506. The normalized spacial score (nSPS) is 51.8. The lowest BCUT2D eigenvalue weighted by atomic mass is 9.38. The van der Waals surface area contributed by atoms with Gasteiger partial charge in [0.05, 0.1) is 56.9 Å². The van der Waals surface area contributed by atoms with Crippen molar-refractivity contribution < 1.29 is 144 Å². The van der Waals surface area contributed by atoms with Crippen LogP contribution in [0.5, 0.6) is 0 Å². The zero-order valence-corrected chi connectivity index (χ0v) is 51.8. The van der Waals surface area contributed by atoms with Crippen LogP contribution in [0.15, 0.2) is 11.6 Å². The molecule has 0 amide bonds. The molecule has 0 aromatic heterocycles. The van der Waals surface area contributed by atoms with Crippen LogP contribution in [0.1, 0.15) is 107 Å². The number of ether oxygens (including phenoxy) is 10. The molecule has 0 aromatic rings. The molecular formula is C60H102O29. The number of allylic oxidation sites excluding steroid dienone is 1. The highest BCUT2D eigenvalue weighted by molar-refractivity contribution is 5.32. The summed E-state index contributed by atoms with van der Waals surface area (Å²) >= 11 is 0. The van der Waals surface area contributed by atoms with Crippen molar-refractivity contribution in [3.63, 3.8) is 0 Å². The molecule has 5 heterocycles. The largest absolute Gasteiger partial charge is 0.394 e. The Morgan fingerprint density at radius 2 is 0.921 bits per heavy atom. The standard InChI is InChI=1S/C60H102O29/c1-23(9-13-35(57(4,5)79)86-55-50(89-54-45(76)41(72)38(69)29(20-63)82-54)47(78)49(31(22-65)84-55)88-53-44(75)40(71)37(68)28(19-62)81-53)24-15-16-58(6)32-12-10-25-26(60(32,8)33(66)17-59(24,58)7)11-14-34(56(25,2)3)85-51-46(77)42(73)48(30(21-64)83-51)87-52-43(74)39(70)36(67)27(18-61)80-52/h10,23-24,26-55,61-79H,9,11-22H2,1-8H3/t23-,24-,26-,27-,28-,29-,30-,31-,32?,33-,34+,35-,36-,37-,38-,39+,40+,41+,42-,43?,44-,45-,46-,47+,48-,49-,50-,51+,52+,53?,54+,55?,58+,59-,60+/m1/s1. The van der Waals surface area contributed by atoms with E-state index in [4.69, 9.17) is 47.4 Å². The van der Waals surface area contributed by atoms with Crippen molar-refractivity contribution in [1.29, 1.82) is 0 Å². The second-order valence-corrected chi connectivity index (χ2v) is 28.6. The average molecular weight is 1290 g/mol. The van der Waals surface area contributed by atoms with Gasteiger partial charge in [-0.05, 0) is 99.7 Å². The minimum atomic E-state index is -1.98. The SMILES string of the molecule is C[C@H](CC[C@@H](OC1O[C@H](CO)[C@@H](OC2O[C@H](CO)[C@@H](O)[C@H](O)[C@H]2O)[C@H](O)[C@H]1O[C@@H]1O[C@H](CO)[C@@H](O)[C@H](O)[C@H]1O)C(C)(C)O)[C@H]1CC[C@@]2(C)C3CC=C4[C@@H](CC[C@H](O[C@@H]5O[C@H](CO)[C@@H](O[C@@H]6O[C@H](CO)[C@@H](O)[C@H](O)C6O)[C@H](O)[C@H]5O)C4(C)C)[C@]3(C)[C@H](O)C[C@]12C. The number of aliphatic hydroxyl groups excluding tert-OH is 18. The first kappa shape index (κ1) is 71.9. The third kappa shape index (κ3) is 12.8. The van der Waals surface area contributed by atoms with Crippen molar-refractivity contribution >= 4 is 0 Å². The van der Waals surface area contributed by atoms with Crippen molar-refractivity contribution in [2.24, 2.45) is 45.3 Å². The maximum atomic E-state index is 12.8. The summed E-state index contributed by atoms with van der Waals surface area (Å²) < 4.78 is 59.9. The van der Waals surface area contributed by atoms with Gasteiger partial charge in [-0.25, -0.2) is 0 Å². The summed E-state index contributed by atoms with van der Waals surface area (Å²) in [6.45, 7) is 12.1. The molecule has 29 heteroatoms. The predicted molar refractivity (Wildman–Crippen MR) is 300 cm³/mol. The number of hydrogen-bond donors (Lipinski definition) is 19. The summed E-state index contributed by atoms with van der Waals surface area (Å²) in [4.78, 5) is 0. The second kappa shape index (κ2) is 27.6. The van der Waals surface area contributed by atoms with Gasteiger partial charge in [0.1, 0.15) is 122 Å². The van der Waals surface area contributed by atoms with Gasteiger partial charge in [-0.15, -0.1) is 0 Å². The van der Waals surface area contributed by atoms with Crippen LogP contribution in [0.3, 0.4) is 0 Å². The predicted octanol–water partition coefficient (Wildman–Crippen LogP) is -5.41. The molecule has 5 saturated heterocycles. The second-order valence-electron chi connectivity index (χ2n) is 28.6. The molecule has 4 unspecified atom stereocenters. The van der Waals surface area contributed by atoms with Gasteiger partial charge in [-0.3, -0.25) is 0 Å². The van der Waals surface area contributed by atoms with Gasteiger partial charge < -0.3 is 144 Å². The number of hydrogen-bond acceptors (Lipinski definition) is 29. The first-order chi connectivity index (χ1) is 41.7. The van der Waals surface area contributed by atoms with E-state index in [2.05, 4.69) is 33.8 Å². The average Bonchev–Trinajstić information content (AvgIpc) is 1.66. The molecule has 89 heavy (non-hydrogen) atoms. The monoisotopic (exact) mass is 1290 g/mol. The number of aliphatic hydroxyl groups is 19. The topological polar surface area (TPSA) is 477 Å². The summed E-state index contributed by atoms with van der Waals surface area (Å²) in [5, 5.41) is 206. The highest BCUT2D eigenvalue weighted by atomic mass is 16.8. The molecule has 0 radical (unpaired) electrons. The van der Waals surface area contributed by atoms with Gasteiger partial charge in [-0.1, -0.05) is 53.2 Å². The van der Waals surface area contributed by atoms with Crippen LogP contribution in [-0.2, 0) is 47.4 Å². The fraction of sp³-hybridized carbons (Fsp3) is 0.967. The number of rotatable bonds is 20. The smallest absolute Gasteiger partial charge is 0.187 e. The van der Waals surface area contributed by atoms with E-state index in [0.29, 0.717) is 32.1 Å². The minimum absolute atomic E-state index is 0.0310. The van der Waals surface area contributed by atoms with E-state index >= 15 is 0 Å². The lowest BCUT2D eigenvalue weighted by molar-refractivity contribution is -0.393. The summed E-state index contributed by atoms with van der Waals surface area (Å²) in [7, 11) is 0. The van der Waals surface area contributed by atoms with Gasteiger partial charge >= 0.3 is 0 Å². The summed E-state index contributed by atoms with van der Waals surface area (Å²) in [6, 6.07) is 0. The molecule has 516 valence electrons. The highest BCUT2D eigenvalue weighted by Crippen LogP contribution is 2.75. The molecule has 0 bridgehead atoms. The molecule has 0 aromatic carbocycles. The molecule has 5 aliphatic heterocycles. The van der Waals surface area contributed by atoms with Crippen LogP contribution in [0.4, 0.5) is 0 Å². The van der Waals surface area contributed by atoms with Crippen LogP contribution in [0.25, 0.3) is 0 Å². The first-order valence-electron chi connectivity index (χ1n) is 31.6. The van der Waals surface area contributed by atoms with E-state index in [1.54, 1.807) is 0 Å². The summed E-state index contributed by atoms with van der Waals surface area (Å²) in [6.07, 6.45) is -38.2. The Morgan fingerprint density at radius 3 is 1.39 bits per heavy atom. The van der Waals surface area contributed by atoms with Crippen molar-refractivity contribution in [3.8, 4) is 0 Å². The highest BCUT2D eigenvalue weighted by Gasteiger charge is 2.71. The summed E-state index contributed by atoms with van der Waals surface area (Å²) in [5.74, 6) is -0.0172. The molecule has 4 aliphatic carbocycles. The van der Waals surface area contributed by atoms with Crippen molar-refractivity contribution in [1.82, 2.24) is 0 Å². The van der Waals surface area contributed by atoms with Gasteiger partial charge in [0, 0.05) is 10.8 Å². The Balaban J connectivity index is 0.889. The molecule has 8 fully saturated rings. The molecular weight excluding hydrogens is 1180 g/mol. The van der Waals surface area contributed by atoms with Crippen molar-refractivity contribution in [3.05, 3.63) is 11.6 Å². The third-order valence-electron chi connectivity index (χ3n) is 22.9. The third-order valence-corrected chi connectivity index (χ3v) is 22.9. The van der Waals surface area contributed by atoms with Crippen LogP contribution in [0.2, 0.25) is 0 Å². The number of fused-ring (bicyclic) bond motifs is 5. The Morgan fingerprint density at radius 1 is 0.494 bits per heavy atom. The zero-order chi connectivity index (χ0) is 65.5. The molecule has 19 N–H and O–H groups in total. The molecule has 9 aliphatic rings. The van der Waals surface area contributed by atoms with Crippen LogP contribution in [-0.4, -0.2) is 308 Å². The van der Waals surface area contributed by atoms with Gasteiger partial charge in [-0.2, -0.15) is 0 Å². The van der Waals surface area contributed by atoms with Gasteiger partial charge in [0.15, 0.2) is 31.5 Å². The fourth-order valence-electron chi connectivity index (χ4n) is 17.2. The van der Waals surface area contributed by atoms with Crippen LogP contribution < -0.4 is 0 Å². The van der Waals surface area contributed by atoms with E-state index in [0.717, 1.165) is 18.4 Å². The van der Waals surface area contributed by atoms with E-state index in [1.807, 2.05) is 13.8 Å². The van der Waals surface area contributed by atoms with Crippen LogP contribution >= 0.6 is 0 Å². The molecule has 35 atom stereocenters. The summed E-state index contributed by atoms with van der Waals surface area (Å²) in [5.41, 5.74) is -2.49. The Hall–Kier alpha value is -1.42. The van der Waals surface area contributed by atoms with E-state index in [-0.39, 0.29) is 35.5 Å².